The summed E-state index contributed by atoms with van der Waals surface area (Å²) >= 11 is 1.48. The molecule has 1 aromatic carbocycles. The Morgan fingerprint density at radius 2 is 2.00 bits per heavy atom. The molecule has 3 heterocycles. The number of aryl methyl sites for hydroxylation is 2. The average molecular weight is 386 g/mol. The normalized spacial score (nSPS) is 24.7. The van der Waals surface area contributed by atoms with E-state index in [0.29, 0.717) is 18.4 Å². The predicted octanol–water partition coefficient (Wildman–Crippen LogP) is 2.35. The zero-order valence-electron chi connectivity index (χ0n) is 16.4. The third-order valence-electron chi connectivity index (χ3n) is 5.73. The van der Waals surface area contributed by atoms with E-state index < -0.39 is 0 Å². The minimum atomic E-state index is 0.141. The van der Waals surface area contributed by atoms with E-state index in [0.717, 1.165) is 30.6 Å². The van der Waals surface area contributed by atoms with E-state index >= 15 is 0 Å². The fraction of sp³-hybridized carbons (Fsp3) is 0.550. The molecule has 2 fully saturated rings. The van der Waals surface area contributed by atoms with Gasteiger partial charge in [0.2, 0.25) is 11.0 Å². The number of hydrogen-bond donors (Lipinski definition) is 0. The molecular formula is C20H27N5OS. The van der Waals surface area contributed by atoms with Crippen molar-refractivity contribution >= 4 is 22.6 Å². The van der Waals surface area contributed by atoms with Gasteiger partial charge in [-0.1, -0.05) is 24.3 Å². The third kappa shape index (κ3) is 3.46. The molecule has 7 heteroatoms. The molecule has 0 bridgehead atoms. The molecule has 0 N–H and O–H groups in total. The van der Waals surface area contributed by atoms with E-state index in [1.807, 2.05) is 25.9 Å². The van der Waals surface area contributed by atoms with Crippen LogP contribution in [0.3, 0.4) is 0 Å². The number of benzene rings is 1. The van der Waals surface area contributed by atoms with Crippen molar-refractivity contribution < 1.29 is 4.79 Å². The van der Waals surface area contributed by atoms with Gasteiger partial charge in [0.05, 0.1) is 12.6 Å². The van der Waals surface area contributed by atoms with Crippen LogP contribution in [0, 0.1) is 25.7 Å². The molecule has 2 aliphatic heterocycles. The Kier molecular flexibility index (Phi) is 4.90. The molecule has 1 amide bonds. The first-order valence-corrected chi connectivity index (χ1v) is 10.3. The second-order valence-electron chi connectivity index (χ2n) is 8.04. The number of hydrogen-bond acceptors (Lipinski definition) is 6. The Labute approximate surface area is 165 Å². The highest BCUT2D eigenvalue weighted by molar-refractivity contribution is 7.09. The Morgan fingerprint density at radius 3 is 2.67 bits per heavy atom. The van der Waals surface area contributed by atoms with Gasteiger partial charge in [-0.25, -0.2) is 4.98 Å². The van der Waals surface area contributed by atoms with Gasteiger partial charge in [-0.05, 0) is 39.1 Å². The van der Waals surface area contributed by atoms with Gasteiger partial charge in [-0.2, -0.15) is 4.37 Å². The Morgan fingerprint density at radius 1 is 1.22 bits per heavy atom. The Hall–Kier alpha value is -1.99. The summed E-state index contributed by atoms with van der Waals surface area (Å²) in [6, 6.07) is 8.64. The van der Waals surface area contributed by atoms with Gasteiger partial charge in [0.15, 0.2) is 0 Å². The first-order valence-electron chi connectivity index (χ1n) is 9.49. The van der Waals surface area contributed by atoms with Crippen LogP contribution in [0.4, 0.5) is 5.13 Å². The summed E-state index contributed by atoms with van der Waals surface area (Å²) in [5.74, 6) is 1.97. The smallest absolute Gasteiger partial charge is 0.237 e. The molecule has 1 aromatic heterocycles. The molecule has 6 nitrogen and oxygen atoms in total. The predicted molar refractivity (Wildman–Crippen MR) is 108 cm³/mol. The highest BCUT2D eigenvalue weighted by Gasteiger charge is 2.49. The number of likely N-dealkylation sites (N-methyl/N-ethyl adjacent to an activating group) is 1. The number of rotatable bonds is 4. The van der Waals surface area contributed by atoms with Crippen LogP contribution >= 0.6 is 11.5 Å². The van der Waals surface area contributed by atoms with Gasteiger partial charge in [0.1, 0.15) is 5.82 Å². The fourth-order valence-corrected chi connectivity index (χ4v) is 5.24. The molecule has 27 heavy (non-hydrogen) atoms. The Balaban J connectivity index is 1.64. The van der Waals surface area contributed by atoms with E-state index in [9.17, 15) is 4.79 Å². The van der Waals surface area contributed by atoms with Crippen LogP contribution in [-0.2, 0) is 4.79 Å². The minimum Gasteiger partial charge on any atom is -0.346 e. The summed E-state index contributed by atoms with van der Waals surface area (Å²) in [4.78, 5) is 24.0. The summed E-state index contributed by atoms with van der Waals surface area (Å²) < 4.78 is 4.34. The van der Waals surface area contributed by atoms with Crippen LogP contribution in [-0.4, -0.2) is 65.3 Å². The molecule has 4 rings (SSSR count). The van der Waals surface area contributed by atoms with Crippen LogP contribution in [0.25, 0.3) is 0 Å². The topological polar surface area (TPSA) is 52.6 Å². The molecule has 0 radical (unpaired) electrons. The average Bonchev–Trinajstić information content (AvgIpc) is 3.28. The SMILES string of the molecule is Cc1nsc(N2C[C@@H]3CN(C(=O)CN(C)C)[C@@H](c4ccccc4C)[C@@H]3C2)n1. The maximum atomic E-state index is 13.0. The standard InChI is InChI=1S/C20H27N5OS/c1-13-7-5-6-8-16(13)19-17-11-24(20-21-14(2)22-27-20)9-15(17)10-25(19)18(26)12-23(3)4/h5-8,15,17,19H,9-12H2,1-4H3/t15-,17-,19+/m1/s1. The van der Waals surface area contributed by atoms with E-state index in [4.69, 9.17) is 0 Å². The Bertz CT molecular complexity index is 835. The minimum absolute atomic E-state index is 0.141. The van der Waals surface area contributed by atoms with Crippen LogP contribution in [0.5, 0.6) is 0 Å². The summed E-state index contributed by atoms with van der Waals surface area (Å²) in [5, 5.41) is 1.01. The van der Waals surface area contributed by atoms with Gasteiger partial charge >= 0.3 is 0 Å². The van der Waals surface area contributed by atoms with Gasteiger partial charge in [-0.3, -0.25) is 4.79 Å². The van der Waals surface area contributed by atoms with Crippen molar-refractivity contribution in [1.82, 2.24) is 19.2 Å². The van der Waals surface area contributed by atoms with Gasteiger partial charge in [0, 0.05) is 43.0 Å². The lowest BCUT2D eigenvalue weighted by molar-refractivity contribution is -0.133. The zero-order valence-corrected chi connectivity index (χ0v) is 17.2. The highest BCUT2D eigenvalue weighted by Crippen LogP contribution is 2.46. The van der Waals surface area contributed by atoms with Crippen LogP contribution in [0.2, 0.25) is 0 Å². The summed E-state index contributed by atoms with van der Waals surface area (Å²) in [6.45, 7) is 7.26. The molecule has 0 aliphatic carbocycles. The second-order valence-corrected chi connectivity index (χ2v) is 8.77. The van der Waals surface area contributed by atoms with E-state index in [2.05, 4.69) is 50.3 Å². The molecule has 0 saturated carbocycles. The lowest BCUT2D eigenvalue weighted by atomic mass is 9.87. The maximum absolute atomic E-state index is 13.0. The molecule has 144 valence electrons. The van der Waals surface area contributed by atoms with Crippen molar-refractivity contribution in [2.75, 3.05) is 45.2 Å². The number of likely N-dealkylation sites (tertiary alicyclic amines) is 1. The molecule has 2 aliphatic rings. The maximum Gasteiger partial charge on any atom is 0.237 e. The number of fused-ring (bicyclic) bond motifs is 1. The second kappa shape index (κ2) is 7.20. The zero-order chi connectivity index (χ0) is 19.1. The van der Waals surface area contributed by atoms with Crippen molar-refractivity contribution in [2.45, 2.75) is 19.9 Å². The molecule has 2 saturated heterocycles. The number of carbonyl (C=O) groups excluding carboxylic acids is 1. The molecule has 2 aromatic rings. The summed E-state index contributed by atoms with van der Waals surface area (Å²) in [7, 11) is 3.91. The molecule has 3 atom stereocenters. The monoisotopic (exact) mass is 385 g/mol. The lowest BCUT2D eigenvalue weighted by Gasteiger charge is -2.31. The van der Waals surface area contributed by atoms with Crippen molar-refractivity contribution in [3.8, 4) is 0 Å². The first kappa shape index (κ1) is 18.4. The van der Waals surface area contributed by atoms with Crippen LogP contribution in [0.1, 0.15) is 23.0 Å². The first-order chi connectivity index (χ1) is 12.9. The van der Waals surface area contributed by atoms with Gasteiger partial charge in [-0.15, -0.1) is 0 Å². The highest BCUT2D eigenvalue weighted by atomic mass is 32.1. The van der Waals surface area contributed by atoms with Gasteiger partial charge < -0.3 is 14.7 Å². The largest absolute Gasteiger partial charge is 0.346 e. The van der Waals surface area contributed by atoms with E-state index in [-0.39, 0.29) is 11.9 Å². The lowest BCUT2D eigenvalue weighted by Crippen LogP contribution is -2.40. The van der Waals surface area contributed by atoms with Crippen molar-refractivity contribution in [1.29, 1.82) is 0 Å². The van der Waals surface area contributed by atoms with E-state index in [1.54, 1.807) is 0 Å². The third-order valence-corrected chi connectivity index (χ3v) is 6.60. The number of anilines is 1. The number of nitrogens with zero attached hydrogens (tertiary/aromatic N) is 5. The molecular weight excluding hydrogens is 358 g/mol. The number of carbonyl (C=O) groups is 1. The molecule has 0 unspecified atom stereocenters. The van der Waals surface area contributed by atoms with E-state index in [1.165, 1.54) is 22.7 Å². The summed E-state index contributed by atoms with van der Waals surface area (Å²) in [5.41, 5.74) is 2.54. The number of aromatic nitrogens is 2. The van der Waals surface area contributed by atoms with Crippen molar-refractivity contribution in [2.24, 2.45) is 11.8 Å². The fourth-order valence-electron chi connectivity index (χ4n) is 4.55. The summed E-state index contributed by atoms with van der Waals surface area (Å²) in [6.07, 6.45) is 0. The van der Waals surface area contributed by atoms with Crippen LogP contribution in [0.15, 0.2) is 24.3 Å². The quantitative estimate of drug-likeness (QED) is 0.809. The van der Waals surface area contributed by atoms with Crippen LogP contribution < -0.4 is 4.90 Å². The van der Waals surface area contributed by atoms with Gasteiger partial charge in [0.25, 0.3) is 0 Å². The van der Waals surface area contributed by atoms with Crippen molar-refractivity contribution in [3.63, 3.8) is 0 Å². The number of amides is 1. The van der Waals surface area contributed by atoms with Crippen molar-refractivity contribution in [3.05, 3.63) is 41.2 Å². The molecule has 0 spiro atoms.